The van der Waals surface area contributed by atoms with Crippen LogP contribution in [0.15, 0.2) is 18.2 Å². The van der Waals surface area contributed by atoms with Crippen molar-refractivity contribution in [2.24, 2.45) is 11.5 Å². The summed E-state index contributed by atoms with van der Waals surface area (Å²) in [7, 11) is 0. The van der Waals surface area contributed by atoms with Gasteiger partial charge in [0.2, 0.25) is 5.91 Å². The summed E-state index contributed by atoms with van der Waals surface area (Å²) < 4.78 is 19.5. The minimum absolute atomic E-state index is 0.246. The standard InChI is InChI=1S/C12H16FN3O2/c1-12(6-16-5-10(14)18-12)8-4-7(11(15)17)2-3-9(8)13/h2-4,10,16H,5-6,14H2,1H3,(H2,15,17)/t10-,12?/m1/s1. The first kappa shape index (κ1) is 12.9. The van der Waals surface area contributed by atoms with Crippen LogP contribution >= 0.6 is 0 Å². The molecule has 0 aromatic heterocycles. The van der Waals surface area contributed by atoms with Crippen LogP contribution in [0.1, 0.15) is 22.8 Å². The lowest BCUT2D eigenvalue weighted by Crippen LogP contribution is -2.53. The molecule has 5 N–H and O–H groups in total. The molecule has 5 nitrogen and oxygen atoms in total. The lowest BCUT2D eigenvalue weighted by Gasteiger charge is -2.38. The van der Waals surface area contributed by atoms with Crippen molar-refractivity contribution < 1.29 is 13.9 Å². The molecule has 1 heterocycles. The van der Waals surface area contributed by atoms with E-state index in [-0.39, 0.29) is 11.1 Å². The monoisotopic (exact) mass is 253 g/mol. The highest BCUT2D eigenvalue weighted by Gasteiger charge is 2.35. The largest absolute Gasteiger partial charge is 0.366 e. The highest BCUT2D eigenvalue weighted by molar-refractivity contribution is 5.92. The summed E-state index contributed by atoms with van der Waals surface area (Å²) in [6.07, 6.45) is -0.514. The van der Waals surface area contributed by atoms with E-state index in [0.29, 0.717) is 13.1 Å². The number of ether oxygens (including phenoxy) is 1. The molecule has 1 saturated heterocycles. The van der Waals surface area contributed by atoms with Gasteiger partial charge in [0.25, 0.3) is 0 Å². The molecule has 98 valence electrons. The van der Waals surface area contributed by atoms with Crippen LogP contribution in [0.2, 0.25) is 0 Å². The Morgan fingerprint density at radius 2 is 2.33 bits per heavy atom. The summed E-state index contributed by atoms with van der Waals surface area (Å²) >= 11 is 0. The van der Waals surface area contributed by atoms with Gasteiger partial charge in [-0.15, -0.1) is 0 Å². The van der Waals surface area contributed by atoms with Crippen molar-refractivity contribution in [2.45, 2.75) is 18.8 Å². The highest BCUT2D eigenvalue weighted by atomic mass is 19.1. The number of halogens is 1. The molecule has 0 bridgehead atoms. The van der Waals surface area contributed by atoms with Crippen LogP contribution in [0.25, 0.3) is 0 Å². The number of carbonyl (C=O) groups is 1. The third-order valence-electron chi connectivity index (χ3n) is 3.04. The Hall–Kier alpha value is -1.50. The van der Waals surface area contributed by atoms with Crippen LogP contribution in [-0.4, -0.2) is 25.2 Å². The lowest BCUT2D eigenvalue weighted by atomic mass is 9.92. The van der Waals surface area contributed by atoms with Crippen LogP contribution < -0.4 is 16.8 Å². The first-order valence-corrected chi connectivity index (χ1v) is 5.66. The van der Waals surface area contributed by atoms with E-state index in [4.69, 9.17) is 16.2 Å². The molecular weight excluding hydrogens is 237 g/mol. The molecule has 6 heteroatoms. The molecule has 18 heavy (non-hydrogen) atoms. The van der Waals surface area contributed by atoms with E-state index in [1.165, 1.54) is 18.2 Å². The molecule has 0 saturated carbocycles. The Balaban J connectivity index is 2.42. The van der Waals surface area contributed by atoms with Crippen molar-refractivity contribution in [3.05, 3.63) is 35.1 Å². The fourth-order valence-corrected chi connectivity index (χ4v) is 2.11. The number of hydrogen-bond donors (Lipinski definition) is 3. The number of primary amides is 1. The van der Waals surface area contributed by atoms with Gasteiger partial charge in [-0.1, -0.05) is 0 Å². The van der Waals surface area contributed by atoms with Crippen LogP contribution in [0.4, 0.5) is 4.39 Å². The summed E-state index contributed by atoms with van der Waals surface area (Å²) in [6.45, 7) is 2.65. The average Bonchev–Trinajstić information content (AvgIpc) is 2.28. The zero-order chi connectivity index (χ0) is 13.3. The molecule has 1 fully saturated rings. The Morgan fingerprint density at radius 1 is 1.61 bits per heavy atom. The fraction of sp³-hybridized carbons (Fsp3) is 0.417. The maximum absolute atomic E-state index is 13.9. The number of nitrogens with one attached hydrogen (secondary N) is 1. The second kappa shape index (κ2) is 4.64. The smallest absolute Gasteiger partial charge is 0.248 e. The Bertz CT molecular complexity index is 480. The molecule has 1 aliphatic heterocycles. The Labute approximate surface area is 104 Å². The number of hydrogen-bond acceptors (Lipinski definition) is 4. The van der Waals surface area contributed by atoms with Gasteiger partial charge in [0.1, 0.15) is 17.6 Å². The molecule has 2 atom stereocenters. The lowest BCUT2D eigenvalue weighted by molar-refractivity contribution is -0.109. The van der Waals surface area contributed by atoms with Crippen molar-refractivity contribution in [1.29, 1.82) is 0 Å². The maximum atomic E-state index is 13.9. The molecule has 1 aliphatic rings. The second-order valence-corrected chi connectivity index (χ2v) is 4.58. The van der Waals surface area contributed by atoms with E-state index >= 15 is 0 Å². The van der Waals surface area contributed by atoms with Crippen molar-refractivity contribution in [3.63, 3.8) is 0 Å². The molecule has 1 aromatic carbocycles. The summed E-state index contributed by atoms with van der Waals surface area (Å²) in [6, 6.07) is 3.97. The van der Waals surface area contributed by atoms with Gasteiger partial charge < -0.3 is 21.5 Å². The zero-order valence-electron chi connectivity index (χ0n) is 10.1. The van der Waals surface area contributed by atoms with E-state index in [2.05, 4.69) is 5.32 Å². The predicted octanol–water partition coefficient (Wildman–Crippen LogP) is 0.0444. The van der Waals surface area contributed by atoms with Crippen molar-refractivity contribution >= 4 is 5.91 Å². The number of amides is 1. The van der Waals surface area contributed by atoms with Gasteiger partial charge in [-0.2, -0.15) is 0 Å². The fourth-order valence-electron chi connectivity index (χ4n) is 2.11. The molecule has 0 spiro atoms. The minimum Gasteiger partial charge on any atom is -0.366 e. The van der Waals surface area contributed by atoms with E-state index in [9.17, 15) is 9.18 Å². The van der Waals surface area contributed by atoms with Gasteiger partial charge in [-0.05, 0) is 25.1 Å². The maximum Gasteiger partial charge on any atom is 0.248 e. The molecule has 0 aliphatic carbocycles. The summed E-state index contributed by atoms with van der Waals surface area (Å²) in [4.78, 5) is 11.1. The number of rotatable bonds is 2. The van der Waals surface area contributed by atoms with E-state index < -0.39 is 23.6 Å². The highest BCUT2D eigenvalue weighted by Crippen LogP contribution is 2.30. The summed E-state index contributed by atoms with van der Waals surface area (Å²) in [5.74, 6) is -1.05. The third kappa shape index (κ3) is 2.35. The van der Waals surface area contributed by atoms with Crippen molar-refractivity contribution in [3.8, 4) is 0 Å². The topological polar surface area (TPSA) is 90.4 Å². The van der Waals surface area contributed by atoms with E-state index in [1.54, 1.807) is 6.92 Å². The predicted molar refractivity (Wildman–Crippen MR) is 64.2 cm³/mol. The Kier molecular flexibility index (Phi) is 3.34. The van der Waals surface area contributed by atoms with Crippen molar-refractivity contribution in [1.82, 2.24) is 5.32 Å². The van der Waals surface area contributed by atoms with Gasteiger partial charge in [0.05, 0.1) is 0 Å². The van der Waals surface area contributed by atoms with E-state index in [1.807, 2.05) is 0 Å². The molecule has 0 radical (unpaired) electrons. The second-order valence-electron chi connectivity index (χ2n) is 4.58. The van der Waals surface area contributed by atoms with Crippen LogP contribution in [0.3, 0.4) is 0 Å². The zero-order valence-corrected chi connectivity index (χ0v) is 10.1. The number of morpholine rings is 1. The molecule has 1 aromatic rings. The average molecular weight is 253 g/mol. The van der Waals surface area contributed by atoms with Crippen molar-refractivity contribution in [2.75, 3.05) is 13.1 Å². The minimum atomic E-state index is -0.910. The van der Waals surface area contributed by atoms with Gasteiger partial charge in [0.15, 0.2) is 0 Å². The normalized spacial score (nSPS) is 28.1. The van der Waals surface area contributed by atoms with Crippen LogP contribution in [0, 0.1) is 5.82 Å². The quantitative estimate of drug-likeness (QED) is 0.694. The SMILES string of the molecule is CC1(c2cc(C(N)=O)ccc2F)CNC[C@H](N)O1. The number of benzene rings is 1. The van der Waals surface area contributed by atoms with Gasteiger partial charge >= 0.3 is 0 Å². The first-order chi connectivity index (χ1) is 8.42. The summed E-state index contributed by atoms with van der Waals surface area (Å²) in [5.41, 5.74) is 10.5. The number of carbonyl (C=O) groups excluding carboxylic acids is 1. The first-order valence-electron chi connectivity index (χ1n) is 5.66. The Morgan fingerprint density at radius 3 is 2.94 bits per heavy atom. The number of nitrogens with two attached hydrogens (primary N) is 2. The van der Waals surface area contributed by atoms with Gasteiger partial charge in [-0.25, -0.2) is 4.39 Å². The third-order valence-corrected chi connectivity index (χ3v) is 3.04. The molecule has 2 rings (SSSR count). The molecule has 1 amide bonds. The molecular formula is C12H16FN3O2. The summed E-state index contributed by atoms with van der Waals surface area (Å²) in [5, 5.41) is 3.07. The van der Waals surface area contributed by atoms with Gasteiger partial charge in [-0.3, -0.25) is 4.79 Å². The van der Waals surface area contributed by atoms with E-state index in [0.717, 1.165) is 0 Å². The van der Waals surface area contributed by atoms with Crippen LogP contribution in [-0.2, 0) is 10.3 Å². The van der Waals surface area contributed by atoms with Gasteiger partial charge in [0, 0.05) is 24.2 Å². The molecule has 1 unspecified atom stereocenters. The van der Waals surface area contributed by atoms with Crippen LogP contribution in [0.5, 0.6) is 0 Å².